The van der Waals surface area contributed by atoms with Crippen molar-refractivity contribution in [2.45, 2.75) is 0 Å². The van der Waals surface area contributed by atoms with Gasteiger partial charge in [-0.3, -0.25) is 4.57 Å². The Morgan fingerprint density at radius 3 is 1.36 bits per heavy atom. The maximum absolute atomic E-state index is 5.20. The Morgan fingerprint density at radius 1 is 0.300 bits per heavy atom. The zero-order valence-electron chi connectivity index (χ0n) is 27.0. The molecule has 0 radical (unpaired) electrons. The predicted molar refractivity (Wildman–Crippen MR) is 205 cm³/mol. The molecule has 234 valence electrons. The fourth-order valence-electron chi connectivity index (χ4n) is 7.34. The fourth-order valence-corrected chi connectivity index (χ4v) is 7.34. The molecular weight excluding hydrogens is 611 g/mol. The molecule has 3 aromatic heterocycles. The average Bonchev–Trinajstić information content (AvgIpc) is 3.72. The number of rotatable bonds is 5. The van der Waals surface area contributed by atoms with Crippen molar-refractivity contribution in [2.24, 2.45) is 0 Å². The summed E-state index contributed by atoms with van der Waals surface area (Å²) in [5, 5.41) is 4.74. The van der Waals surface area contributed by atoms with E-state index in [2.05, 4.69) is 149 Å². The number of nitrogens with zero attached hydrogens (tertiary/aromatic N) is 5. The minimum Gasteiger partial charge on any atom is -0.309 e. The van der Waals surface area contributed by atoms with Crippen LogP contribution in [0.1, 0.15) is 0 Å². The van der Waals surface area contributed by atoms with Crippen LogP contribution in [-0.2, 0) is 0 Å². The Balaban J connectivity index is 1.24. The van der Waals surface area contributed by atoms with E-state index < -0.39 is 0 Å². The van der Waals surface area contributed by atoms with E-state index in [-0.39, 0.29) is 0 Å². The van der Waals surface area contributed by atoms with Crippen LogP contribution in [0.2, 0.25) is 0 Å². The Morgan fingerprint density at radius 2 is 0.740 bits per heavy atom. The summed E-state index contributed by atoms with van der Waals surface area (Å²) in [7, 11) is 0. The molecule has 0 N–H and O–H groups in total. The van der Waals surface area contributed by atoms with Gasteiger partial charge in [-0.2, -0.15) is 9.97 Å². The molecule has 5 heteroatoms. The van der Waals surface area contributed by atoms with Crippen LogP contribution >= 0.6 is 0 Å². The van der Waals surface area contributed by atoms with E-state index >= 15 is 0 Å². The Kier molecular flexibility index (Phi) is 6.42. The van der Waals surface area contributed by atoms with Crippen molar-refractivity contribution >= 4 is 43.6 Å². The smallest absolute Gasteiger partial charge is 0.238 e. The summed E-state index contributed by atoms with van der Waals surface area (Å²) in [6, 6.07) is 61.4. The minimum atomic E-state index is 0.576. The normalized spacial score (nSPS) is 11.6. The summed E-state index contributed by atoms with van der Waals surface area (Å²) in [6.45, 7) is 0. The molecule has 0 bridgehead atoms. The van der Waals surface area contributed by atoms with Gasteiger partial charge >= 0.3 is 0 Å². The Bertz CT molecular complexity index is 2800. The number of hydrogen-bond donors (Lipinski definition) is 0. The van der Waals surface area contributed by atoms with Crippen LogP contribution in [0, 0.1) is 0 Å². The molecule has 0 atom stereocenters. The Labute approximate surface area is 288 Å². The summed E-state index contributed by atoms with van der Waals surface area (Å²) >= 11 is 0. The third-order valence-electron chi connectivity index (χ3n) is 9.60. The molecule has 0 amide bonds. The van der Waals surface area contributed by atoms with Gasteiger partial charge in [0.25, 0.3) is 0 Å². The topological polar surface area (TPSA) is 48.5 Å². The Hall–Kier alpha value is -6.85. The van der Waals surface area contributed by atoms with Crippen molar-refractivity contribution in [1.82, 2.24) is 24.1 Å². The summed E-state index contributed by atoms with van der Waals surface area (Å²) in [5.41, 5.74) is 9.70. The van der Waals surface area contributed by atoms with Crippen LogP contribution in [0.3, 0.4) is 0 Å². The third-order valence-corrected chi connectivity index (χ3v) is 9.60. The lowest BCUT2D eigenvalue weighted by molar-refractivity contribution is 0.953. The maximum atomic E-state index is 5.20. The minimum absolute atomic E-state index is 0.576. The molecular formula is C45H29N5. The number of benzene rings is 7. The number of fused-ring (bicyclic) bond motifs is 6. The van der Waals surface area contributed by atoms with Gasteiger partial charge in [-0.05, 0) is 41.5 Å². The van der Waals surface area contributed by atoms with Gasteiger partial charge in [0, 0.05) is 32.7 Å². The van der Waals surface area contributed by atoms with Crippen molar-refractivity contribution in [3.05, 3.63) is 176 Å². The molecule has 7 aromatic carbocycles. The van der Waals surface area contributed by atoms with E-state index in [1.165, 1.54) is 27.4 Å². The molecule has 0 unspecified atom stereocenters. The highest BCUT2D eigenvalue weighted by Gasteiger charge is 2.21. The standard InChI is InChI=1S/C45H29N5/c1-3-14-30(15-4-1)31-26-28-33(29-27-31)44-46-43(32-16-5-2-6-17-32)47-45(48-44)50-39-23-12-9-20-36(39)42-40(24-13-25-41(42)50)49-37-21-10-7-18-34(37)35-19-8-11-22-38(35)49/h1-29H. The van der Waals surface area contributed by atoms with Gasteiger partial charge in [0.15, 0.2) is 11.6 Å². The van der Waals surface area contributed by atoms with Crippen LogP contribution in [0.25, 0.3) is 89.2 Å². The van der Waals surface area contributed by atoms with Gasteiger partial charge < -0.3 is 4.57 Å². The molecule has 10 rings (SSSR count). The first-order valence-electron chi connectivity index (χ1n) is 16.8. The second-order valence-electron chi connectivity index (χ2n) is 12.5. The van der Waals surface area contributed by atoms with E-state index in [4.69, 9.17) is 15.0 Å². The highest BCUT2D eigenvalue weighted by atomic mass is 15.2. The van der Waals surface area contributed by atoms with Gasteiger partial charge in [-0.1, -0.05) is 146 Å². The van der Waals surface area contributed by atoms with Crippen molar-refractivity contribution in [3.63, 3.8) is 0 Å². The first kappa shape index (κ1) is 28.2. The van der Waals surface area contributed by atoms with Crippen molar-refractivity contribution in [2.75, 3.05) is 0 Å². The van der Waals surface area contributed by atoms with Gasteiger partial charge in [0.1, 0.15) is 0 Å². The molecule has 10 aromatic rings. The highest BCUT2D eigenvalue weighted by molar-refractivity contribution is 6.16. The molecule has 0 aliphatic rings. The van der Waals surface area contributed by atoms with E-state index in [9.17, 15) is 0 Å². The summed E-state index contributed by atoms with van der Waals surface area (Å²) in [5.74, 6) is 1.83. The summed E-state index contributed by atoms with van der Waals surface area (Å²) in [4.78, 5) is 15.4. The largest absolute Gasteiger partial charge is 0.309 e. The van der Waals surface area contributed by atoms with Crippen molar-refractivity contribution in [3.8, 4) is 45.5 Å². The van der Waals surface area contributed by atoms with E-state index in [0.29, 0.717) is 17.6 Å². The molecule has 3 heterocycles. The van der Waals surface area contributed by atoms with Crippen LogP contribution in [-0.4, -0.2) is 24.1 Å². The second-order valence-corrected chi connectivity index (χ2v) is 12.5. The van der Waals surface area contributed by atoms with Crippen LogP contribution < -0.4 is 0 Å². The molecule has 0 aliphatic heterocycles. The third kappa shape index (κ3) is 4.45. The van der Waals surface area contributed by atoms with Crippen LogP contribution in [0.5, 0.6) is 0 Å². The lowest BCUT2D eigenvalue weighted by Gasteiger charge is -2.12. The van der Waals surface area contributed by atoms with Crippen LogP contribution in [0.15, 0.2) is 176 Å². The van der Waals surface area contributed by atoms with Crippen LogP contribution in [0.4, 0.5) is 0 Å². The molecule has 0 saturated heterocycles. The first-order valence-corrected chi connectivity index (χ1v) is 16.8. The zero-order chi connectivity index (χ0) is 33.0. The van der Waals surface area contributed by atoms with Gasteiger partial charge in [-0.15, -0.1) is 0 Å². The molecule has 0 saturated carbocycles. The molecule has 50 heavy (non-hydrogen) atoms. The van der Waals surface area contributed by atoms with Gasteiger partial charge in [-0.25, -0.2) is 4.98 Å². The highest BCUT2D eigenvalue weighted by Crippen LogP contribution is 2.39. The first-order chi connectivity index (χ1) is 24.8. The average molecular weight is 640 g/mol. The monoisotopic (exact) mass is 639 g/mol. The molecule has 0 aliphatic carbocycles. The number of para-hydroxylation sites is 3. The zero-order valence-corrected chi connectivity index (χ0v) is 27.0. The maximum Gasteiger partial charge on any atom is 0.238 e. The molecule has 0 spiro atoms. The van der Waals surface area contributed by atoms with E-state index in [0.717, 1.165) is 44.2 Å². The van der Waals surface area contributed by atoms with Gasteiger partial charge in [0.05, 0.1) is 27.8 Å². The quantitative estimate of drug-likeness (QED) is 0.188. The lowest BCUT2D eigenvalue weighted by Crippen LogP contribution is -2.06. The summed E-state index contributed by atoms with van der Waals surface area (Å²) < 4.78 is 4.59. The van der Waals surface area contributed by atoms with Crippen molar-refractivity contribution < 1.29 is 0 Å². The predicted octanol–water partition coefficient (Wildman–Crippen LogP) is 11.1. The number of hydrogen-bond acceptors (Lipinski definition) is 3. The summed E-state index contributed by atoms with van der Waals surface area (Å²) in [6.07, 6.45) is 0. The fraction of sp³-hybridized carbons (Fsp3) is 0. The second kappa shape index (κ2) is 11.4. The van der Waals surface area contributed by atoms with Crippen molar-refractivity contribution in [1.29, 1.82) is 0 Å². The number of aromatic nitrogens is 5. The molecule has 0 fully saturated rings. The lowest BCUT2D eigenvalue weighted by atomic mass is 10.0. The van der Waals surface area contributed by atoms with E-state index in [1.54, 1.807) is 0 Å². The van der Waals surface area contributed by atoms with E-state index in [1.807, 2.05) is 36.4 Å². The van der Waals surface area contributed by atoms with Gasteiger partial charge in [0.2, 0.25) is 5.95 Å². The molecule has 5 nitrogen and oxygen atoms in total. The SMILES string of the molecule is c1ccc(-c2ccc(-c3nc(-c4ccccc4)nc(-n4c5ccccc5c5c(-n6c7ccccc7c7ccccc76)cccc54)n3)cc2)cc1.